The zero-order chi connectivity index (χ0) is 22.5. The van der Waals surface area contributed by atoms with Crippen LogP contribution in [0.5, 0.6) is 17.2 Å². The summed E-state index contributed by atoms with van der Waals surface area (Å²) in [6, 6.07) is 16.5. The summed E-state index contributed by atoms with van der Waals surface area (Å²) in [6.07, 6.45) is 1.05. The number of nitrogens with zero attached hydrogens (tertiary/aromatic N) is 2. The topological polar surface area (TPSA) is 81.1 Å². The number of aliphatic hydroxyl groups is 1. The minimum Gasteiger partial charge on any atom is -0.493 e. The molecule has 0 saturated heterocycles. The molecule has 1 aliphatic rings. The Morgan fingerprint density at radius 2 is 1.97 bits per heavy atom. The molecule has 166 valence electrons. The van der Waals surface area contributed by atoms with E-state index < -0.39 is 6.10 Å². The van der Waals surface area contributed by atoms with Gasteiger partial charge in [0, 0.05) is 18.3 Å². The lowest BCUT2D eigenvalue weighted by molar-refractivity contribution is -0.131. The second-order valence-corrected chi connectivity index (χ2v) is 7.55. The van der Waals surface area contributed by atoms with Crippen molar-refractivity contribution in [2.75, 3.05) is 27.4 Å². The number of ether oxygens (including phenoxy) is 3. The second kappa shape index (κ2) is 9.70. The number of hydrogen-bond acceptors (Lipinski definition) is 6. The van der Waals surface area contributed by atoms with Crippen molar-refractivity contribution < 1.29 is 24.1 Å². The lowest BCUT2D eigenvalue weighted by atomic mass is 10.0. The number of carbonyl (C=O) groups excluding carboxylic acids is 1. The van der Waals surface area contributed by atoms with Gasteiger partial charge in [0.1, 0.15) is 18.5 Å². The summed E-state index contributed by atoms with van der Waals surface area (Å²) >= 11 is 0. The van der Waals surface area contributed by atoms with Crippen LogP contribution in [0.4, 0.5) is 0 Å². The molecule has 7 heteroatoms. The number of pyridine rings is 1. The van der Waals surface area contributed by atoms with Crippen LogP contribution in [-0.4, -0.2) is 48.3 Å². The average Bonchev–Trinajstić information content (AvgIpc) is 3.06. The fourth-order valence-electron chi connectivity index (χ4n) is 3.78. The van der Waals surface area contributed by atoms with Crippen LogP contribution in [0.1, 0.15) is 28.5 Å². The van der Waals surface area contributed by atoms with Gasteiger partial charge in [-0.3, -0.25) is 9.78 Å². The van der Waals surface area contributed by atoms with E-state index in [9.17, 15) is 9.90 Å². The van der Waals surface area contributed by atoms with Gasteiger partial charge < -0.3 is 24.2 Å². The van der Waals surface area contributed by atoms with E-state index in [2.05, 4.69) is 4.98 Å². The molecule has 0 fully saturated rings. The van der Waals surface area contributed by atoms with E-state index >= 15 is 0 Å². The van der Waals surface area contributed by atoms with Crippen molar-refractivity contribution in [2.24, 2.45) is 0 Å². The summed E-state index contributed by atoms with van der Waals surface area (Å²) in [5, 5.41) is 10.7. The normalized spacial score (nSPS) is 14.0. The maximum atomic E-state index is 13.1. The largest absolute Gasteiger partial charge is 0.493 e. The summed E-state index contributed by atoms with van der Waals surface area (Å²) in [7, 11) is 3.15. The number of hydrogen-bond donors (Lipinski definition) is 1. The lowest BCUT2D eigenvalue weighted by Gasteiger charge is -2.21. The van der Waals surface area contributed by atoms with Crippen LogP contribution in [0.3, 0.4) is 0 Å². The van der Waals surface area contributed by atoms with Gasteiger partial charge in [-0.25, -0.2) is 0 Å². The third-order valence-electron chi connectivity index (χ3n) is 5.50. The molecule has 1 aromatic heterocycles. The molecule has 4 rings (SSSR count). The van der Waals surface area contributed by atoms with E-state index in [1.807, 2.05) is 42.5 Å². The molecule has 1 N–H and O–H groups in total. The zero-order valence-electron chi connectivity index (χ0n) is 18.2. The average molecular weight is 434 g/mol. The highest BCUT2D eigenvalue weighted by atomic mass is 16.5. The number of rotatable bonds is 6. The highest BCUT2D eigenvalue weighted by Gasteiger charge is 2.22. The minimum atomic E-state index is -0.847. The monoisotopic (exact) mass is 434 g/mol. The van der Waals surface area contributed by atoms with Crippen LogP contribution in [0.2, 0.25) is 0 Å². The molecule has 1 aliphatic heterocycles. The number of aliphatic hydroxyl groups excluding tert-OH is 1. The fourth-order valence-corrected chi connectivity index (χ4v) is 3.78. The Labute approximate surface area is 187 Å². The highest BCUT2D eigenvalue weighted by Crippen LogP contribution is 2.30. The molecule has 1 atom stereocenters. The Morgan fingerprint density at radius 3 is 2.72 bits per heavy atom. The molecular weight excluding hydrogens is 408 g/mol. The first-order chi connectivity index (χ1) is 15.6. The predicted molar refractivity (Wildman–Crippen MR) is 119 cm³/mol. The molecule has 0 spiro atoms. The summed E-state index contributed by atoms with van der Waals surface area (Å²) < 4.78 is 16.5. The number of benzene rings is 2. The van der Waals surface area contributed by atoms with Crippen LogP contribution in [-0.2, 0) is 17.8 Å². The summed E-state index contributed by atoms with van der Waals surface area (Å²) in [6.45, 7) is 1.30. The number of carbonyl (C=O) groups is 1. The van der Waals surface area contributed by atoms with Crippen LogP contribution in [0.15, 0.2) is 60.8 Å². The Morgan fingerprint density at radius 1 is 1.12 bits per heavy atom. The number of aromatic nitrogens is 1. The lowest BCUT2D eigenvalue weighted by Crippen LogP contribution is -2.33. The molecule has 1 amide bonds. The number of methoxy groups -OCH3 is 2. The van der Waals surface area contributed by atoms with Gasteiger partial charge in [-0.1, -0.05) is 18.2 Å². The van der Waals surface area contributed by atoms with Crippen molar-refractivity contribution in [1.82, 2.24) is 9.88 Å². The first kappa shape index (κ1) is 21.6. The molecule has 32 heavy (non-hydrogen) atoms. The summed E-state index contributed by atoms with van der Waals surface area (Å²) in [5.74, 6) is 1.93. The van der Waals surface area contributed by atoms with E-state index in [0.717, 1.165) is 16.9 Å². The SMILES string of the molecule is COc1ccc(CC(=O)N2CCOc3ccc(C(O)c4ccccn4)cc3C2)cc1OC. The van der Waals surface area contributed by atoms with E-state index in [-0.39, 0.29) is 12.3 Å². The van der Waals surface area contributed by atoms with Gasteiger partial charge in [0.2, 0.25) is 5.91 Å². The predicted octanol–water partition coefficient (Wildman–Crippen LogP) is 3.14. The molecule has 0 bridgehead atoms. The Bertz CT molecular complexity index is 1090. The van der Waals surface area contributed by atoms with Crippen LogP contribution in [0.25, 0.3) is 0 Å². The third kappa shape index (κ3) is 4.68. The molecular formula is C25H26N2O5. The second-order valence-electron chi connectivity index (χ2n) is 7.55. The molecule has 0 radical (unpaired) electrons. The van der Waals surface area contributed by atoms with E-state index in [0.29, 0.717) is 42.5 Å². The molecule has 0 aliphatic carbocycles. The molecule has 2 aromatic carbocycles. The standard InChI is InChI=1S/C25H26N2O5/c1-30-22-8-6-17(13-23(22)31-2)14-24(28)27-11-12-32-21-9-7-18(15-19(21)16-27)25(29)20-5-3-4-10-26-20/h3-10,13,15,25,29H,11-12,14,16H2,1-2H3. The van der Waals surface area contributed by atoms with Crippen LogP contribution >= 0.6 is 0 Å². The van der Waals surface area contributed by atoms with Gasteiger partial charge >= 0.3 is 0 Å². The number of amides is 1. The van der Waals surface area contributed by atoms with Gasteiger partial charge in [0.05, 0.1) is 32.9 Å². The van der Waals surface area contributed by atoms with E-state index in [4.69, 9.17) is 14.2 Å². The molecule has 3 aromatic rings. The quantitative estimate of drug-likeness (QED) is 0.642. The Balaban J connectivity index is 1.52. The third-order valence-corrected chi connectivity index (χ3v) is 5.50. The van der Waals surface area contributed by atoms with Gasteiger partial charge in [-0.05, 0) is 47.5 Å². The molecule has 1 unspecified atom stereocenters. The minimum absolute atomic E-state index is 0.00986. The van der Waals surface area contributed by atoms with Crippen molar-refractivity contribution in [2.45, 2.75) is 19.1 Å². The van der Waals surface area contributed by atoms with E-state index in [1.165, 1.54) is 0 Å². The van der Waals surface area contributed by atoms with E-state index in [1.54, 1.807) is 37.4 Å². The van der Waals surface area contributed by atoms with Crippen LogP contribution in [0, 0.1) is 0 Å². The maximum absolute atomic E-state index is 13.1. The highest BCUT2D eigenvalue weighted by molar-refractivity contribution is 5.79. The fraction of sp³-hybridized carbons (Fsp3) is 0.280. The van der Waals surface area contributed by atoms with Crippen LogP contribution < -0.4 is 14.2 Å². The first-order valence-electron chi connectivity index (χ1n) is 10.4. The molecule has 2 heterocycles. The zero-order valence-corrected chi connectivity index (χ0v) is 18.2. The first-order valence-corrected chi connectivity index (χ1v) is 10.4. The van der Waals surface area contributed by atoms with Crippen molar-refractivity contribution in [3.05, 3.63) is 83.2 Å². The summed E-state index contributed by atoms with van der Waals surface area (Å²) in [4.78, 5) is 19.1. The molecule has 7 nitrogen and oxygen atoms in total. The van der Waals surface area contributed by atoms with Gasteiger partial charge in [-0.15, -0.1) is 0 Å². The van der Waals surface area contributed by atoms with Gasteiger partial charge in [-0.2, -0.15) is 0 Å². The molecule has 0 saturated carbocycles. The van der Waals surface area contributed by atoms with Crippen molar-refractivity contribution in [3.63, 3.8) is 0 Å². The Hall–Kier alpha value is -3.58. The van der Waals surface area contributed by atoms with Gasteiger partial charge in [0.25, 0.3) is 0 Å². The Kier molecular flexibility index (Phi) is 6.56. The number of fused-ring (bicyclic) bond motifs is 1. The van der Waals surface area contributed by atoms with Crippen molar-refractivity contribution in [1.29, 1.82) is 0 Å². The summed E-state index contributed by atoms with van der Waals surface area (Å²) in [5.41, 5.74) is 2.98. The van der Waals surface area contributed by atoms with Crippen molar-refractivity contribution in [3.8, 4) is 17.2 Å². The smallest absolute Gasteiger partial charge is 0.227 e. The van der Waals surface area contributed by atoms with Crippen molar-refractivity contribution >= 4 is 5.91 Å². The van der Waals surface area contributed by atoms with Gasteiger partial charge in [0.15, 0.2) is 11.5 Å². The maximum Gasteiger partial charge on any atom is 0.227 e.